The molecule has 0 bridgehead atoms. The summed E-state index contributed by atoms with van der Waals surface area (Å²) in [4.78, 5) is 17.9. The molecule has 0 saturated heterocycles. The molecule has 1 aromatic heterocycles. The second-order valence-electron chi connectivity index (χ2n) is 4.21. The van der Waals surface area contributed by atoms with E-state index in [2.05, 4.69) is 21.8 Å². The van der Waals surface area contributed by atoms with Crippen LogP contribution in [0.2, 0.25) is 0 Å². The minimum atomic E-state index is 0.147. The zero-order valence-electron chi connectivity index (χ0n) is 11.6. The van der Waals surface area contributed by atoms with Crippen LogP contribution in [0.1, 0.15) is 33.0 Å². The van der Waals surface area contributed by atoms with E-state index in [-0.39, 0.29) is 5.91 Å². The number of hydrogen-bond acceptors (Lipinski definition) is 3. The summed E-state index contributed by atoms with van der Waals surface area (Å²) in [5.74, 6) is 1.14. The predicted octanol–water partition coefficient (Wildman–Crippen LogP) is 1.25. The highest BCUT2D eigenvalue weighted by Crippen LogP contribution is 1.99. The van der Waals surface area contributed by atoms with Gasteiger partial charge in [-0.3, -0.25) is 4.79 Å². The molecule has 5 nitrogen and oxygen atoms in total. The van der Waals surface area contributed by atoms with E-state index < -0.39 is 0 Å². The van der Waals surface area contributed by atoms with Gasteiger partial charge < -0.3 is 14.8 Å². The Labute approximate surface area is 109 Å². The molecular formula is C13H24N4O. The monoisotopic (exact) mass is 252 g/mol. The fourth-order valence-electron chi connectivity index (χ4n) is 1.92. The molecule has 0 aliphatic carbocycles. The van der Waals surface area contributed by atoms with Gasteiger partial charge in [0.15, 0.2) is 0 Å². The van der Waals surface area contributed by atoms with Crippen molar-refractivity contribution in [1.82, 2.24) is 19.8 Å². The largest absolute Gasteiger partial charge is 0.342 e. The number of aryl methyl sites for hydroxylation is 1. The molecule has 18 heavy (non-hydrogen) atoms. The first kappa shape index (κ1) is 14.7. The number of nitrogens with zero attached hydrogens (tertiary/aromatic N) is 3. The molecule has 0 saturated carbocycles. The SMILES string of the molecule is CCCn1ccnc1CNCC(=O)N(CC)CC. The van der Waals surface area contributed by atoms with Gasteiger partial charge in [-0.05, 0) is 20.3 Å². The Bertz CT molecular complexity index is 358. The van der Waals surface area contributed by atoms with E-state index in [1.165, 1.54) is 0 Å². The van der Waals surface area contributed by atoms with Crippen LogP contribution in [0.5, 0.6) is 0 Å². The quantitative estimate of drug-likeness (QED) is 0.757. The molecule has 1 amide bonds. The summed E-state index contributed by atoms with van der Waals surface area (Å²) in [6, 6.07) is 0. The number of likely N-dealkylation sites (N-methyl/N-ethyl adjacent to an activating group) is 1. The molecule has 0 atom stereocenters. The van der Waals surface area contributed by atoms with Gasteiger partial charge in [0.1, 0.15) is 5.82 Å². The molecule has 5 heteroatoms. The van der Waals surface area contributed by atoms with E-state index in [1.54, 1.807) is 6.20 Å². The molecule has 0 aromatic carbocycles. The van der Waals surface area contributed by atoms with Crippen LogP contribution >= 0.6 is 0 Å². The van der Waals surface area contributed by atoms with Crippen LogP contribution in [0.3, 0.4) is 0 Å². The average molecular weight is 252 g/mol. The van der Waals surface area contributed by atoms with Gasteiger partial charge in [-0.1, -0.05) is 6.92 Å². The zero-order chi connectivity index (χ0) is 13.4. The fraction of sp³-hybridized carbons (Fsp3) is 0.692. The minimum absolute atomic E-state index is 0.147. The maximum absolute atomic E-state index is 11.8. The van der Waals surface area contributed by atoms with Crippen LogP contribution in [0.15, 0.2) is 12.4 Å². The average Bonchev–Trinajstić information content (AvgIpc) is 2.79. The van der Waals surface area contributed by atoms with E-state index >= 15 is 0 Å². The number of aromatic nitrogens is 2. The normalized spacial score (nSPS) is 10.6. The smallest absolute Gasteiger partial charge is 0.236 e. The standard InChI is InChI=1S/C13H24N4O/c1-4-8-17-9-7-15-12(17)10-14-11-13(18)16(5-2)6-3/h7,9,14H,4-6,8,10-11H2,1-3H3. The zero-order valence-corrected chi connectivity index (χ0v) is 11.6. The van der Waals surface area contributed by atoms with Crippen LogP contribution < -0.4 is 5.32 Å². The molecule has 1 rings (SSSR count). The number of hydrogen-bond donors (Lipinski definition) is 1. The Kier molecular flexibility index (Phi) is 6.43. The summed E-state index contributed by atoms with van der Waals surface area (Å²) in [5.41, 5.74) is 0. The lowest BCUT2D eigenvalue weighted by atomic mass is 10.4. The van der Waals surface area contributed by atoms with E-state index in [4.69, 9.17) is 0 Å². The third kappa shape index (κ3) is 4.14. The van der Waals surface area contributed by atoms with Gasteiger partial charge in [-0.25, -0.2) is 4.98 Å². The minimum Gasteiger partial charge on any atom is -0.342 e. The molecular weight excluding hydrogens is 228 g/mol. The van der Waals surface area contributed by atoms with Crippen molar-refractivity contribution in [3.63, 3.8) is 0 Å². The van der Waals surface area contributed by atoms with Gasteiger partial charge in [0.2, 0.25) is 5.91 Å². The van der Waals surface area contributed by atoms with Gasteiger partial charge in [0.05, 0.1) is 13.1 Å². The molecule has 1 heterocycles. The Morgan fingerprint density at radius 1 is 1.39 bits per heavy atom. The van der Waals surface area contributed by atoms with E-state index in [1.807, 2.05) is 24.9 Å². The van der Waals surface area contributed by atoms with Crippen molar-refractivity contribution in [2.45, 2.75) is 40.3 Å². The number of imidazole rings is 1. The Morgan fingerprint density at radius 2 is 2.11 bits per heavy atom. The summed E-state index contributed by atoms with van der Waals surface area (Å²) in [6.07, 6.45) is 4.87. The molecule has 1 N–H and O–H groups in total. The second kappa shape index (κ2) is 7.87. The summed E-state index contributed by atoms with van der Waals surface area (Å²) >= 11 is 0. The van der Waals surface area contributed by atoms with Gasteiger partial charge in [0, 0.05) is 32.0 Å². The molecule has 0 fully saturated rings. The first-order chi connectivity index (χ1) is 8.72. The van der Waals surface area contributed by atoms with Crippen molar-refractivity contribution in [3.8, 4) is 0 Å². The van der Waals surface area contributed by atoms with Crippen molar-refractivity contribution in [3.05, 3.63) is 18.2 Å². The van der Waals surface area contributed by atoms with E-state index in [9.17, 15) is 4.79 Å². The highest BCUT2D eigenvalue weighted by Gasteiger charge is 2.09. The third-order valence-corrected chi connectivity index (χ3v) is 2.94. The Hall–Kier alpha value is -1.36. The molecule has 0 aliphatic heterocycles. The van der Waals surface area contributed by atoms with Gasteiger partial charge in [0.25, 0.3) is 0 Å². The fourth-order valence-corrected chi connectivity index (χ4v) is 1.92. The van der Waals surface area contributed by atoms with Gasteiger partial charge in [-0.2, -0.15) is 0 Å². The van der Waals surface area contributed by atoms with Crippen molar-refractivity contribution >= 4 is 5.91 Å². The van der Waals surface area contributed by atoms with Crippen LogP contribution in [0.4, 0.5) is 0 Å². The van der Waals surface area contributed by atoms with Gasteiger partial charge >= 0.3 is 0 Å². The van der Waals surface area contributed by atoms with Crippen LogP contribution in [-0.4, -0.2) is 40.0 Å². The lowest BCUT2D eigenvalue weighted by Gasteiger charge is -2.18. The lowest BCUT2D eigenvalue weighted by Crippen LogP contribution is -2.38. The molecule has 0 spiro atoms. The van der Waals surface area contributed by atoms with Crippen LogP contribution in [0, 0.1) is 0 Å². The van der Waals surface area contributed by atoms with Crippen molar-refractivity contribution in [1.29, 1.82) is 0 Å². The first-order valence-corrected chi connectivity index (χ1v) is 6.71. The Balaban J connectivity index is 2.37. The summed E-state index contributed by atoms with van der Waals surface area (Å²) in [5, 5.41) is 3.16. The van der Waals surface area contributed by atoms with Crippen LogP contribution in [-0.2, 0) is 17.9 Å². The molecule has 102 valence electrons. The van der Waals surface area contributed by atoms with Crippen molar-refractivity contribution in [2.24, 2.45) is 0 Å². The number of rotatable bonds is 8. The van der Waals surface area contributed by atoms with Crippen LogP contribution in [0.25, 0.3) is 0 Å². The summed E-state index contributed by atoms with van der Waals surface area (Å²) in [6.45, 7) is 9.65. The molecule has 0 unspecified atom stereocenters. The van der Waals surface area contributed by atoms with Gasteiger partial charge in [-0.15, -0.1) is 0 Å². The molecule has 1 aromatic rings. The number of carbonyl (C=O) groups excluding carboxylic acids is 1. The number of nitrogens with one attached hydrogen (secondary N) is 1. The topological polar surface area (TPSA) is 50.2 Å². The van der Waals surface area contributed by atoms with Crippen molar-refractivity contribution < 1.29 is 4.79 Å². The highest BCUT2D eigenvalue weighted by atomic mass is 16.2. The van der Waals surface area contributed by atoms with Crippen molar-refractivity contribution in [2.75, 3.05) is 19.6 Å². The summed E-state index contributed by atoms with van der Waals surface area (Å²) < 4.78 is 2.12. The number of carbonyl (C=O) groups is 1. The van der Waals surface area contributed by atoms with E-state index in [0.717, 1.165) is 31.9 Å². The second-order valence-corrected chi connectivity index (χ2v) is 4.21. The highest BCUT2D eigenvalue weighted by molar-refractivity contribution is 5.78. The predicted molar refractivity (Wildman–Crippen MR) is 72.2 cm³/mol. The van der Waals surface area contributed by atoms with E-state index in [0.29, 0.717) is 13.1 Å². The first-order valence-electron chi connectivity index (χ1n) is 6.71. The lowest BCUT2D eigenvalue weighted by molar-refractivity contribution is -0.129. The number of amides is 1. The maximum atomic E-state index is 11.8. The summed E-state index contributed by atoms with van der Waals surface area (Å²) in [7, 11) is 0. The molecule has 0 aliphatic rings. The third-order valence-electron chi connectivity index (χ3n) is 2.94. The Morgan fingerprint density at radius 3 is 2.72 bits per heavy atom. The maximum Gasteiger partial charge on any atom is 0.236 e. The molecule has 0 radical (unpaired) electrons.